The first-order chi connectivity index (χ1) is 6.76. The number of aliphatic hydroxyl groups excluding tert-OH is 1. The molecule has 74 valence electrons. The van der Waals surface area contributed by atoms with E-state index in [1.807, 2.05) is 6.92 Å². The van der Waals surface area contributed by atoms with E-state index in [1.54, 1.807) is 6.07 Å². The number of aryl methyl sites for hydroxylation is 1. The van der Waals surface area contributed by atoms with Gasteiger partial charge >= 0.3 is 0 Å². The molecule has 14 heavy (non-hydrogen) atoms. The van der Waals surface area contributed by atoms with Gasteiger partial charge in [0, 0.05) is 5.56 Å². The predicted molar refractivity (Wildman–Crippen MR) is 52.7 cm³/mol. The van der Waals surface area contributed by atoms with Crippen molar-refractivity contribution in [2.24, 2.45) is 10.4 Å². The summed E-state index contributed by atoms with van der Waals surface area (Å²) in [6.45, 7) is 1.58. The van der Waals surface area contributed by atoms with Crippen LogP contribution in [0, 0.1) is 9.81 Å². The summed E-state index contributed by atoms with van der Waals surface area (Å²) in [7, 11) is 0. The van der Waals surface area contributed by atoms with Gasteiger partial charge in [-0.2, -0.15) is 0 Å². The zero-order valence-corrected chi connectivity index (χ0v) is 7.73. The topological polar surface area (TPSA) is 79.1 Å². The van der Waals surface area contributed by atoms with E-state index in [0.29, 0.717) is 12.0 Å². The largest absolute Gasteiger partial charge is 0.392 e. The average molecular weight is 194 g/mol. The highest BCUT2D eigenvalue weighted by Gasteiger charge is 2.11. The summed E-state index contributed by atoms with van der Waals surface area (Å²) in [5, 5.41) is 14.3. The Kier molecular flexibility index (Phi) is 3.41. The van der Waals surface area contributed by atoms with Crippen LogP contribution in [0.1, 0.15) is 18.1 Å². The molecule has 0 amide bonds. The lowest BCUT2D eigenvalue weighted by molar-refractivity contribution is 0.282. The van der Waals surface area contributed by atoms with Gasteiger partial charge in [-0.3, -0.25) is 0 Å². The van der Waals surface area contributed by atoms with Gasteiger partial charge in [0.1, 0.15) is 11.4 Å². The van der Waals surface area contributed by atoms with Crippen molar-refractivity contribution in [1.82, 2.24) is 0 Å². The SMILES string of the molecule is CCc1cc(CO)c(N=O)c(N=O)c1. The Morgan fingerprint density at radius 1 is 1.29 bits per heavy atom. The monoisotopic (exact) mass is 194 g/mol. The van der Waals surface area contributed by atoms with Crippen molar-refractivity contribution in [2.45, 2.75) is 20.0 Å². The number of nitrogens with zero attached hydrogens (tertiary/aromatic N) is 2. The van der Waals surface area contributed by atoms with Crippen molar-refractivity contribution in [3.8, 4) is 0 Å². The molecule has 5 nitrogen and oxygen atoms in total. The number of hydrogen-bond acceptors (Lipinski definition) is 5. The van der Waals surface area contributed by atoms with Crippen LogP contribution in [-0.4, -0.2) is 5.11 Å². The van der Waals surface area contributed by atoms with Crippen LogP contribution < -0.4 is 0 Å². The van der Waals surface area contributed by atoms with Gasteiger partial charge in [-0.05, 0) is 28.4 Å². The molecule has 0 saturated heterocycles. The van der Waals surface area contributed by atoms with Crippen LogP contribution in [-0.2, 0) is 13.0 Å². The van der Waals surface area contributed by atoms with E-state index in [0.717, 1.165) is 5.56 Å². The minimum Gasteiger partial charge on any atom is -0.392 e. The van der Waals surface area contributed by atoms with E-state index < -0.39 is 0 Å². The third kappa shape index (κ3) is 1.82. The molecule has 0 aliphatic rings. The number of hydrogen-bond donors (Lipinski definition) is 1. The lowest BCUT2D eigenvalue weighted by atomic mass is 10.1. The molecule has 1 rings (SSSR count). The fourth-order valence-electron chi connectivity index (χ4n) is 1.24. The maximum atomic E-state index is 10.4. The van der Waals surface area contributed by atoms with Crippen molar-refractivity contribution in [3.05, 3.63) is 33.1 Å². The molecular formula is C9H10N2O3. The molecule has 0 aliphatic carbocycles. The summed E-state index contributed by atoms with van der Waals surface area (Å²) in [5.74, 6) is 0. The van der Waals surface area contributed by atoms with Gasteiger partial charge in [0.15, 0.2) is 0 Å². The molecule has 0 fully saturated rings. The third-order valence-corrected chi connectivity index (χ3v) is 2.00. The molecule has 0 aromatic heterocycles. The van der Waals surface area contributed by atoms with Crippen molar-refractivity contribution in [2.75, 3.05) is 0 Å². The molecule has 0 bridgehead atoms. The average Bonchev–Trinajstić information content (AvgIpc) is 2.26. The van der Waals surface area contributed by atoms with Crippen LogP contribution in [0.15, 0.2) is 22.5 Å². The van der Waals surface area contributed by atoms with E-state index in [4.69, 9.17) is 5.11 Å². The Morgan fingerprint density at radius 3 is 2.43 bits per heavy atom. The Bertz CT molecular complexity index is 363. The second kappa shape index (κ2) is 4.57. The van der Waals surface area contributed by atoms with Crippen molar-refractivity contribution >= 4 is 11.4 Å². The Balaban J connectivity index is 3.38. The molecule has 5 heteroatoms. The highest BCUT2D eigenvalue weighted by molar-refractivity contribution is 5.67. The van der Waals surface area contributed by atoms with Crippen LogP contribution in [0.4, 0.5) is 11.4 Å². The number of aliphatic hydroxyl groups is 1. The summed E-state index contributed by atoms with van der Waals surface area (Å²) in [6, 6.07) is 3.15. The van der Waals surface area contributed by atoms with E-state index in [2.05, 4.69) is 10.4 Å². The highest BCUT2D eigenvalue weighted by Crippen LogP contribution is 2.33. The van der Waals surface area contributed by atoms with Crippen LogP contribution in [0.5, 0.6) is 0 Å². The summed E-state index contributed by atoms with van der Waals surface area (Å²) < 4.78 is 0. The maximum absolute atomic E-state index is 10.4. The van der Waals surface area contributed by atoms with Crippen molar-refractivity contribution in [1.29, 1.82) is 0 Å². The maximum Gasteiger partial charge on any atom is 0.142 e. The lowest BCUT2D eigenvalue weighted by Gasteiger charge is -2.04. The summed E-state index contributed by atoms with van der Waals surface area (Å²) >= 11 is 0. The highest BCUT2D eigenvalue weighted by atomic mass is 16.3. The molecule has 0 atom stereocenters. The Hall–Kier alpha value is -1.62. The second-order valence-electron chi connectivity index (χ2n) is 2.82. The van der Waals surface area contributed by atoms with Crippen LogP contribution in [0.3, 0.4) is 0 Å². The van der Waals surface area contributed by atoms with Crippen molar-refractivity contribution in [3.63, 3.8) is 0 Å². The molecule has 0 aliphatic heterocycles. The van der Waals surface area contributed by atoms with Gasteiger partial charge in [-0.1, -0.05) is 13.0 Å². The quantitative estimate of drug-likeness (QED) is 0.748. The summed E-state index contributed by atoms with van der Waals surface area (Å²) in [4.78, 5) is 20.8. The van der Waals surface area contributed by atoms with Gasteiger partial charge in [0.25, 0.3) is 0 Å². The van der Waals surface area contributed by atoms with Gasteiger partial charge < -0.3 is 5.11 Å². The summed E-state index contributed by atoms with van der Waals surface area (Å²) in [5.41, 5.74) is 1.10. The zero-order valence-electron chi connectivity index (χ0n) is 7.73. The van der Waals surface area contributed by atoms with Gasteiger partial charge in [-0.25, -0.2) is 0 Å². The smallest absolute Gasteiger partial charge is 0.142 e. The van der Waals surface area contributed by atoms with Crippen molar-refractivity contribution < 1.29 is 5.11 Å². The van der Waals surface area contributed by atoms with Gasteiger partial charge in [-0.15, -0.1) is 9.81 Å². The molecule has 0 heterocycles. The van der Waals surface area contributed by atoms with Crippen LogP contribution in [0.2, 0.25) is 0 Å². The minimum atomic E-state index is -0.322. The normalized spacial score (nSPS) is 9.86. The van der Waals surface area contributed by atoms with E-state index >= 15 is 0 Å². The first-order valence-electron chi connectivity index (χ1n) is 4.20. The molecule has 0 saturated carbocycles. The molecular weight excluding hydrogens is 184 g/mol. The number of rotatable bonds is 4. The van der Waals surface area contributed by atoms with Crippen LogP contribution in [0.25, 0.3) is 0 Å². The van der Waals surface area contributed by atoms with E-state index in [1.165, 1.54) is 6.07 Å². The zero-order chi connectivity index (χ0) is 10.6. The molecule has 0 unspecified atom stereocenters. The Labute approximate surface area is 80.7 Å². The summed E-state index contributed by atoms with van der Waals surface area (Å²) in [6.07, 6.45) is 0.703. The number of nitroso groups, excluding NO2 is 2. The Morgan fingerprint density at radius 2 is 2.00 bits per heavy atom. The predicted octanol–water partition coefficient (Wildman–Crippen LogP) is 2.54. The molecule has 0 spiro atoms. The lowest BCUT2D eigenvalue weighted by Crippen LogP contribution is -1.88. The molecule has 1 N–H and O–H groups in total. The molecule has 1 aromatic carbocycles. The molecule has 0 radical (unpaired) electrons. The fraction of sp³-hybridized carbons (Fsp3) is 0.333. The first kappa shape index (κ1) is 10.5. The minimum absolute atomic E-state index is 0.0107. The van der Waals surface area contributed by atoms with E-state index in [9.17, 15) is 9.81 Å². The van der Waals surface area contributed by atoms with E-state index in [-0.39, 0.29) is 18.0 Å². The fourth-order valence-corrected chi connectivity index (χ4v) is 1.24. The second-order valence-corrected chi connectivity index (χ2v) is 2.82. The third-order valence-electron chi connectivity index (χ3n) is 2.00. The number of benzene rings is 1. The van der Waals surface area contributed by atoms with Crippen LogP contribution >= 0.6 is 0 Å². The molecule has 1 aromatic rings. The van der Waals surface area contributed by atoms with Gasteiger partial charge in [0.2, 0.25) is 0 Å². The standard InChI is InChI=1S/C9H10N2O3/c1-2-6-3-7(5-12)9(11-14)8(4-6)10-13/h3-4,12H,2,5H2,1H3. The van der Waals surface area contributed by atoms with Gasteiger partial charge in [0.05, 0.1) is 6.61 Å². The first-order valence-corrected chi connectivity index (χ1v) is 4.20.